The molecule has 1 aromatic rings. The molecule has 3 heterocycles. The van der Waals surface area contributed by atoms with Crippen LogP contribution in [0.2, 0.25) is 0 Å². The number of nitrogens with zero attached hydrogens (tertiary/aromatic N) is 3. The van der Waals surface area contributed by atoms with Crippen LogP contribution in [-0.2, 0) is 0 Å². The molecule has 0 bridgehead atoms. The summed E-state index contributed by atoms with van der Waals surface area (Å²) in [5.74, 6) is 3.40. The first kappa shape index (κ1) is 21.7. The number of hydrogen-bond donors (Lipinski definition) is 1. The molecule has 2 unspecified atom stereocenters. The van der Waals surface area contributed by atoms with E-state index in [1.807, 2.05) is 0 Å². The van der Waals surface area contributed by atoms with Crippen LogP contribution in [0, 0.1) is 5.92 Å². The summed E-state index contributed by atoms with van der Waals surface area (Å²) in [6.07, 6.45) is 5.11. The molecule has 0 amide bonds. The van der Waals surface area contributed by atoms with Crippen molar-refractivity contribution >= 4 is 29.9 Å². The van der Waals surface area contributed by atoms with E-state index in [1.54, 1.807) is 0 Å². The van der Waals surface area contributed by atoms with Crippen molar-refractivity contribution in [3.63, 3.8) is 0 Å². The first-order valence-electron chi connectivity index (χ1n) is 10.8. The highest BCUT2D eigenvalue weighted by molar-refractivity contribution is 14.0. The van der Waals surface area contributed by atoms with E-state index in [4.69, 9.17) is 9.73 Å². The lowest BCUT2D eigenvalue weighted by molar-refractivity contribution is 0.268. The molecular weight excluding hydrogens is 463 g/mol. The van der Waals surface area contributed by atoms with E-state index in [0.717, 1.165) is 56.8 Å². The molecule has 3 aliphatic heterocycles. The molecule has 4 rings (SSSR count). The number of halogens is 1. The summed E-state index contributed by atoms with van der Waals surface area (Å²) in [4.78, 5) is 10.2. The maximum absolute atomic E-state index is 5.81. The van der Waals surface area contributed by atoms with Crippen LogP contribution in [0.5, 0.6) is 5.75 Å². The van der Waals surface area contributed by atoms with E-state index < -0.39 is 0 Å². The molecule has 2 saturated heterocycles. The van der Waals surface area contributed by atoms with Gasteiger partial charge < -0.3 is 19.9 Å². The van der Waals surface area contributed by atoms with Crippen molar-refractivity contribution in [2.75, 3.05) is 52.4 Å². The molecule has 3 aliphatic rings. The van der Waals surface area contributed by atoms with Crippen LogP contribution in [0.3, 0.4) is 0 Å². The van der Waals surface area contributed by atoms with Gasteiger partial charge in [0, 0.05) is 38.6 Å². The fourth-order valence-electron chi connectivity index (χ4n) is 4.73. The fourth-order valence-corrected chi connectivity index (χ4v) is 4.73. The highest BCUT2D eigenvalue weighted by Crippen LogP contribution is 2.33. The van der Waals surface area contributed by atoms with Crippen LogP contribution in [0.25, 0.3) is 0 Å². The van der Waals surface area contributed by atoms with Crippen molar-refractivity contribution in [2.24, 2.45) is 10.9 Å². The summed E-state index contributed by atoms with van der Waals surface area (Å²) in [7, 11) is 0. The predicted molar refractivity (Wildman–Crippen MR) is 126 cm³/mol. The number of nitrogens with one attached hydrogen (secondary N) is 1. The Hall–Kier alpha value is -1.02. The number of rotatable bonds is 5. The van der Waals surface area contributed by atoms with E-state index >= 15 is 0 Å². The number of guanidine groups is 1. The molecule has 0 spiro atoms. The van der Waals surface area contributed by atoms with Crippen molar-refractivity contribution in [2.45, 2.75) is 38.5 Å². The van der Waals surface area contributed by atoms with Crippen molar-refractivity contribution in [3.8, 4) is 5.75 Å². The van der Waals surface area contributed by atoms with Gasteiger partial charge in [0.2, 0.25) is 0 Å². The summed E-state index contributed by atoms with van der Waals surface area (Å²) in [5, 5.41) is 3.53. The Morgan fingerprint density at radius 3 is 2.82 bits per heavy atom. The lowest BCUT2D eigenvalue weighted by atomic mass is 9.93. The molecule has 6 heteroatoms. The largest absolute Gasteiger partial charge is 0.493 e. The van der Waals surface area contributed by atoms with Gasteiger partial charge in [0.25, 0.3) is 0 Å². The third kappa shape index (κ3) is 5.32. The van der Waals surface area contributed by atoms with Crippen LogP contribution in [0.1, 0.15) is 44.1 Å². The quantitative estimate of drug-likeness (QED) is 0.383. The summed E-state index contributed by atoms with van der Waals surface area (Å²) in [6, 6.07) is 8.45. The molecular formula is C22H35IN4O. The van der Waals surface area contributed by atoms with Crippen molar-refractivity contribution in [1.82, 2.24) is 15.1 Å². The second kappa shape index (κ2) is 10.7. The fraction of sp³-hybridized carbons (Fsp3) is 0.682. The molecule has 156 valence electrons. The third-order valence-corrected chi connectivity index (χ3v) is 6.18. The minimum atomic E-state index is 0. The topological polar surface area (TPSA) is 40.1 Å². The molecule has 1 aromatic carbocycles. The number of benzene rings is 1. The number of ether oxygens (including phenoxy) is 1. The second-order valence-electron chi connectivity index (χ2n) is 8.17. The first-order chi connectivity index (χ1) is 13.3. The molecule has 0 radical (unpaired) electrons. The monoisotopic (exact) mass is 498 g/mol. The van der Waals surface area contributed by atoms with Crippen LogP contribution in [-0.4, -0.2) is 68.2 Å². The Kier molecular flexibility index (Phi) is 8.26. The molecule has 28 heavy (non-hydrogen) atoms. The van der Waals surface area contributed by atoms with Gasteiger partial charge in [0.15, 0.2) is 5.96 Å². The predicted octanol–water partition coefficient (Wildman–Crippen LogP) is 3.55. The van der Waals surface area contributed by atoms with Gasteiger partial charge in [-0.15, -0.1) is 24.0 Å². The van der Waals surface area contributed by atoms with Gasteiger partial charge >= 0.3 is 0 Å². The minimum Gasteiger partial charge on any atom is -0.493 e. The number of para-hydroxylation sites is 1. The van der Waals surface area contributed by atoms with E-state index in [1.165, 1.54) is 44.5 Å². The summed E-state index contributed by atoms with van der Waals surface area (Å²) < 4.78 is 5.81. The normalized spacial score (nSPS) is 25.2. The lowest BCUT2D eigenvalue weighted by Gasteiger charge is -2.26. The van der Waals surface area contributed by atoms with Crippen molar-refractivity contribution < 1.29 is 4.74 Å². The third-order valence-electron chi connectivity index (χ3n) is 6.18. The highest BCUT2D eigenvalue weighted by Gasteiger charge is 2.28. The van der Waals surface area contributed by atoms with Crippen molar-refractivity contribution in [3.05, 3.63) is 29.8 Å². The van der Waals surface area contributed by atoms with E-state index in [2.05, 4.69) is 46.3 Å². The number of fused-ring (bicyclic) bond motifs is 1. The van der Waals surface area contributed by atoms with Gasteiger partial charge in [0.05, 0.1) is 6.61 Å². The van der Waals surface area contributed by atoms with Crippen molar-refractivity contribution in [1.29, 1.82) is 0 Å². The van der Waals surface area contributed by atoms with Crippen LogP contribution in [0.4, 0.5) is 0 Å². The Labute approximate surface area is 186 Å². The number of likely N-dealkylation sites (tertiary alicyclic amines) is 2. The maximum Gasteiger partial charge on any atom is 0.193 e. The molecule has 5 nitrogen and oxygen atoms in total. The molecule has 0 aliphatic carbocycles. The summed E-state index contributed by atoms with van der Waals surface area (Å²) in [5.41, 5.74) is 1.32. The van der Waals surface area contributed by atoms with Crippen LogP contribution in [0.15, 0.2) is 29.3 Å². The molecule has 0 saturated carbocycles. The van der Waals surface area contributed by atoms with Crippen LogP contribution >= 0.6 is 24.0 Å². The zero-order chi connectivity index (χ0) is 18.5. The Morgan fingerprint density at radius 1 is 1.18 bits per heavy atom. The first-order valence-corrected chi connectivity index (χ1v) is 10.8. The minimum absolute atomic E-state index is 0. The van der Waals surface area contributed by atoms with Gasteiger partial charge in [-0.25, -0.2) is 0 Å². The number of hydrogen-bond acceptors (Lipinski definition) is 3. The average molecular weight is 498 g/mol. The molecule has 2 atom stereocenters. The summed E-state index contributed by atoms with van der Waals surface area (Å²) in [6.45, 7) is 10.9. The zero-order valence-corrected chi connectivity index (χ0v) is 19.4. The molecule has 1 N–H and O–H groups in total. The average Bonchev–Trinajstić information content (AvgIpc) is 3.38. The van der Waals surface area contributed by atoms with Gasteiger partial charge in [-0.1, -0.05) is 18.2 Å². The standard InChI is InChI=1S/C22H34N4O.HI/c1-2-23-22(26-13-9-18(17-26)16-25-11-5-6-12-25)24-15-19-10-14-27-21-8-4-3-7-20(19)21;/h3-4,7-8,18-19H,2,5-6,9-17H2,1H3,(H,23,24);1H. The Morgan fingerprint density at radius 2 is 2.00 bits per heavy atom. The van der Waals surface area contributed by atoms with E-state index in [-0.39, 0.29) is 24.0 Å². The number of aliphatic imine (C=N–C) groups is 1. The molecule has 0 aromatic heterocycles. The Balaban J connectivity index is 0.00000225. The van der Waals surface area contributed by atoms with E-state index in [9.17, 15) is 0 Å². The highest BCUT2D eigenvalue weighted by atomic mass is 127. The Bertz CT molecular complexity index is 647. The second-order valence-corrected chi connectivity index (χ2v) is 8.17. The smallest absolute Gasteiger partial charge is 0.193 e. The van der Waals surface area contributed by atoms with Crippen LogP contribution < -0.4 is 10.1 Å². The zero-order valence-electron chi connectivity index (χ0n) is 17.1. The van der Waals surface area contributed by atoms with E-state index in [0.29, 0.717) is 5.92 Å². The maximum atomic E-state index is 5.81. The van der Waals surface area contributed by atoms with Gasteiger partial charge in [0.1, 0.15) is 5.75 Å². The van der Waals surface area contributed by atoms with Gasteiger partial charge in [-0.05, 0) is 63.2 Å². The van der Waals surface area contributed by atoms with Gasteiger partial charge in [-0.3, -0.25) is 4.99 Å². The lowest BCUT2D eigenvalue weighted by Crippen LogP contribution is -2.41. The van der Waals surface area contributed by atoms with Gasteiger partial charge in [-0.2, -0.15) is 0 Å². The molecule has 2 fully saturated rings. The summed E-state index contributed by atoms with van der Waals surface area (Å²) >= 11 is 0. The SMILES string of the molecule is CCNC(=NCC1CCOc2ccccc21)N1CCC(CN2CCCC2)C1.I.